The number of nitrogens with zero attached hydrogens (tertiary/aromatic N) is 1. The molecule has 0 unspecified atom stereocenters. The fourth-order valence-electron chi connectivity index (χ4n) is 1.96. The van der Waals surface area contributed by atoms with Crippen LogP contribution in [-0.2, 0) is 10.0 Å². The van der Waals surface area contributed by atoms with Crippen LogP contribution in [0.15, 0.2) is 17.0 Å². The minimum absolute atomic E-state index is 0.0268. The van der Waals surface area contributed by atoms with Gasteiger partial charge < -0.3 is 10.8 Å². The van der Waals surface area contributed by atoms with Crippen molar-refractivity contribution >= 4 is 15.7 Å². The normalized spacial score (nSPS) is 12.1. The predicted molar refractivity (Wildman–Crippen MR) is 76.5 cm³/mol. The number of hydrogen-bond acceptors (Lipinski definition) is 4. The van der Waals surface area contributed by atoms with E-state index in [0.29, 0.717) is 25.2 Å². The van der Waals surface area contributed by atoms with Gasteiger partial charge in [-0.25, -0.2) is 8.42 Å². The number of benzene rings is 1. The summed E-state index contributed by atoms with van der Waals surface area (Å²) in [4.78, 5) is 0.254. The second kappa shape index (κ2) is 6.36. The zero-order valence-electron chi connectivity index (χ0n) is 11.7. The average Bonchev–Trinajstić information content (AvgIpc) is 2.34. The molecule has 1 rings (SSSR count). The molecule has 0 aliphatic rings. The summed E-state index contributed by atoms with van der Waals surface area (Å²) in [6.07, 6.45) is 0.424. The first-order valence-electron chi connectivity index (χ1n) is 6.32. The van der Waals surface area contributed by atoms with Crippen LogP contribution in [0.3, 0.4) is 0 Å². The minimum Gasteiger partial charge on any atom is -0.399 e. The van der Waals surface area contributed by atoms with Gasteiger partial charge in [-0.05, 0) is 43.5 Å². The topological polar surface area (TPSA) is 83.6 Å². The maximum atomic E-state index is 12.6. The van der Waals surface area contributed by atoms with Crippen molar-refractivity contribution in [3.63, 3.8) is 0 Å². The van der Waals surface area contributed by atoms with Crippen LogP contribution in [0.4, 0.5) is 5.69 Å². The van der Waals surface area contributed by atoms with Crippen LogP contribution < -0.4 is 5.73 Å². The van der Waals surface area contributed by atoms with Gasteiger partial charge in [0.2, 0.25) is 10.0 Å². The number of rotatable bonds is 6. The van der Waals surface area contributed by atoms with Crippen LogP contribution in [0, 0.1) is 13.8 Å². The molecule has 0 bridgehead atoms. The van der Waals surface area contributed by atoms with Gasteiger partial charge in [0.25, 0.3) is 0 Å². The summed E-state index contributed by atoms with van der Waals surface area (Å²) in [7, 11) is -3.56. The lowest BCUT2D eigenvalue weighted by Gasteiger charge is -2.22. The molecule has 6 heteroatoms. The molecule has 0 heterocycles. The van der Waals surface area contributed by atoms with Crippen molar-refractivity contribution in [2.75, 3.05) is 25.4 Å². The first-order chi connectivity index (χ1) is 8.84. The number of anilines is 1. The summed E-state index contributed by atoms with van der Waals surface area (Å²) >= 11 is 0. The predicted octanol–water partition coefficient (Wildman–Crippen LogP) is 1.28. The summed E-state index contributed by atoms with van der Waals surface area (Å²) in [5.74, 6) is 0. The summed E-state index contributed by atoms with van der Waals surface area (Å²) < 4.78 is 26.5. The molecule has 0 aromatic heterocycles. The fraction of sp³-hybridized carbons (Fsp3) is 0.538. The molecule has 5 nitrogen and oxygen atoms in total. The quantitative estimate of drug-likeness (QED) is 0.772. The van der Waals surface area contributed by atoms with E-state index >= 15 is 0 Å². The van der Waals surface area contributed by atoms with Crippen molar-refractivity contribution in [2.24, 2.45) is 0 Å². The Balaban J connectivity index is 3.25. The molecular formula is C13H22N2O3S. The molecule has 0 radical (unpaired) electrons. The summed E-state index contributed by atoms with van der Waals surface area (Å²) in [5.41, 5.74) is 7.77. The van der Waals surface area contributed by atoms with Gasteiger partial charge in [0.1, 0.15) is 0 Å². The van der Waals surface area contributed by atoms with Crippen LogP contribution in [0.2, 0.25) is 0 Å². The van der Waals surface area contributed by atoms with Gasteiger partial charge in [-0.3, -0.25) is 0 Å². The van der Waals surface area contributed by atoms with Crippen molar-refractivity contribution < 1.29 is 13.5 Å². The van der Waals surface area contributed by atoms with E-state index in [-0.39, 0.29) is 11.5 Å². The van der Waals surface area contributed by atoms with Crippen molar-refractivity contribution in [1.82, 2.24) is 4.31 Å². The average molecular weight is 286 g/mol. The van der Waals surface area contributed by atoms with E-state index in [2.05, 4.69) is 0 Å². The standard InChI is InChI=1S/C13H22N2O3S/c1-4-15(6-5-7-16)19(17,18)13-9-12(14)8-10(2)11(13)3/h8-9,16H,4-7,14H2,1-3H3. The highest BCUT2D eigenvalue weighted by atomic mass is 32.2. The Hall–Kier alpha value is -1.11. The second-order valence-electron chi connectivity index (χ2n) is 4.53. The Morgan fingerprint density at radius 3 is 2.47 bits per heavy atom. The lowest BCUT2D eigenvalue weighted by molar-refractivity contribution is 0.271. The van der Waals surface area contributed by atoms with Gasteiger partial charge in [-0.2, -0.15) is 4.31 Å². The smallest absolute Gasteiger partial charge is 0.243 e. The second-order valence-corrected chi connectivity index (χ2v) is 6.44. The van der Waals surface area contributed by atoms with E-state index in [1.54, 1.807) is 19.9 Å². The molecule has 0 saturated heterocycles. The number of nitrogens with two attached hydrogens (primary N) is 1. The van der Waals surface area contributed by atoms with Crippen molar-refractivity contribution in [3.8, 4) is 0 Å². The lowest BCUT2D eigenvalue weighted by atomic mass is 10.1. The molecule has 0 spiro atoms. The van der Waals surface area contributed by atoms with Gasteiger partial charge >= 0.3 is 0 Å². The number of aliphatic hydroxyl groups is 1. The highest BCUT2D eigenvalue weighted by Gasteiger charge is 2.25. The van der Waals surface area contributed by atoms with E-state index in [1.165, 1.54) is 10.4 Å². The number of hydrogen-bond donors (Lipinski definition) is 2. The molecule has 1 aromatic rings. The van der Waals surface area contributed by atoms with Gasteiger partial charge in [-0.15, -0.1) is 0 Å². The van der Waals surface area contributed by atoms with Crippen molar-refractivity contribution in [2.45, 2.75) is 32.1 Å². The highest BCUT2D eigenvalue weighted by molar-refractivity contribution is 7.89. The molecule has 0 saturated carbocycles. The van der Waals surface area contributed by atoms with E-state index in [4.69, 9.17) is 10.8 Å². The van der Waals surface area contributed by atoms with Crippen LogP contribution >= 0.6 is 0 Å². The van der Waals surface area contributed by atoms with E-state index < -0.39 is 10.0 Å². The molecule has 0 aliphatic heterocycles. The monoisotopic (exact) mass is 286 g/mol. The van der Waals surface area contributed by atoms with Gasteiger partial charge in [0.15, 0.2) is 0 Å². The summed E-state index contributed by atoms with van der Waals surface area (Å²) in [5, 5.41) is 8.85. The maximum Gasteiger partial charge on any atom is 0.243 e. The third kappa shape index (κ3) is 3.46. The summed E-state index contributed by atoms with van der Waals surface area (Å²) in [6, 6.07) is 3.26. The van der Waals surface area contributed by atoms with E-state index in [1.807, 2.05) is 6.92 Å². The first kappa shape index (κ1) is 15.9. The van der Waals surface area contributed by atoms with Gasteiger partial charge in [-0.1, -0.05) is 6.92 Å². The minimum atomic E-state index is -3.56. The van der Waals surface area contributed by atoms with E-state index in [0.717, 1.165) is 11.1 Å². The number of nitrogen functional groups attached to an aromatic ring is 1. The van der Waals surface area contributed by atoms with Gasteiger partial charge in [0, 0.05) is 25.4 Å². The zero-order chi connectivity index (χ0) is 14.6. The molecule has 3 N–H and O–H groups in total. The summed E-state index contributed by atoms with van der Waals surface area (Å²) in [6.45, 7) is 6.05. The molecular weight excluding hydrogens is 264 g/mol. The zero-order valence-corrected chi connectivity index (χ0v) is 12.5. The third-order valence-electron chi connectivity index (χ3n) is 3.18. The molecule has 1 aromatic carbocycles. The molecule has 108 valence electrons. The Bertz CT molecular complexity index is 541. The molecule has 0 amide bonds. The SMILES string of the molecule is CCN(CCCO)S(=O)(=O)c1cc(N)cc(C)c1C. The van der Waals surface area contributed by atoms with Crippen LogP contribution in [0.1, 0.15) is 24.5 Å². The Kier molecular flexibility index (Phi) is 5.34. The fourth-order valence-corrected chi connectivity index (χ4v) is 3.78. The van der Waals surface area contributed by atoms with Crippen LogP contribution in [-0.4, -0.2) is 37.5 Å². The van der Waals surface area contributed by atoms with Crippen molar-refractivity contribution in [1.29, 1.82) is 0 Å². The Labute approximate surface area is 115 Å². The van der Waals surface area contributed by atoms with E-state index in [9.17, 15) is 8.42 Å². The molecule has 0 fully saturated rings. The number of sulfonamides is 1. The molecule has 19 heavy (non-hydrogen) atoms. The number of aliphatic hydroxyl groups excluding tert-OH is 1. The third-order valence-corrected chi connectivity index (χ3v) is 5.28. The van der Waals surface area contributed by atoms with Crippen LogP contribution in [0.25, 0.3) is 0 Å². The molecule has 0 aliphatic carbocycles. The first-order valence-corrected chi connectivity index (χ1v) is 7.76. The Morgan fingerprint density at radius 1 is 1.32 bits per heavy atom. The number of aryl methyl sites for hydroxylation is 1. The highest BCUT2D eigenvalue weighted by Crippen LogP contribution is 2.25. The largest absolute Gasteiger partial charge is 0.399 e. The van der Waals surface area contributed by atoms with Crippen LogP contribution in [0.5, 0.6) is 0 Å². The Morgan fingerprint density at radius 2 is 1.95 bits per heavy atom. The van der Waals surface area contributed by atoms with Crippen molar-refractivity contribution in [3.05, 3.63) is 23.3 Å². The maximum absolute atomic E-state index is 12.6. The lowest BCUT2D eigenvalue weighted by Crippen LogP contribution is -2.33. The van der Waals surface area contributed by atoms with Gasteiger partial charge in [0.05, 0.1) is 4.90 Å². The molecule has 0 atom stereocenters.